The maximum absolute atomic E-state index is 13.0. The van der Waals surface area contributed by atoms with Crippen molar-refractivity contribution in [3.05, 3.63) is 95.5 Å². The summed E-state index contributed by atoms with van der Waals surface area (Å²) in [5, 5.41) is 4.26. The van der Waals surface area contributed by atoms with Gasteiger partial charge in [-0.25, -0.2) is 0 Å². The Morgan fingerprint density at radius 2 is 1.75 bits per heavy atom. The minimum Gasteiger partial charge on any atom is -0.380 e. The number of amides is 1. The molecule has 36 heavy (non-hydrogen) atoms. The van der Waals surface area contributed by atoms with Gasteiger partial charge >= 0.3 is 0 Å². The SMILES string of the molecule is C=C(N[C@H]1CCN(Cc2ccncc2)C1)c1ccc(C(=O)N2CCN(c3ccc(Cl)cc3)CC2)cn1. The third kappa shape index (κ3) is 5.86. The first-order valence-electron chi connectivity index (χ1n) is 12.4. The Kier molecular flexibility index (Phi) is 7.49. The van der Waals surface area contributed by atoms with E-state index in [4.69, 9.17) is 11.6 Å². The van der Waals surface area contributed by atoms with Gasteiger partial charge in [0.05, 0.1) is 17.0 Å². The first kappa shape index (κ1) is 24.3. The Bertz CT molecular complexity index is 1180. The molecule has 2 aliphatic rings. The zero-order valence-corrected chi connectivity index (χ0v) is 21.1. The van der Waals surface area contributed by atoms with Crippen molar-refractivity contribution >= 4 is 28.9 Å². The molecule has 8 heteroatoms. The van der Waals surface area contributed by atoms with E-state index in [1.165, 1.54) is 5.56 Å². The molecule has 1 atom stereocenters. The average Bonchev–Trinajstić information content (AvgIpc) is 3.36. The number of piperazine rings is 1. The normalized spacial score (nSPS) is 18.3. The monoisotopic (exact) mass is 502 g/mol. The average molecular weight is 503 g/mol. The van der Waals surface area contributed by atoms with Crippen LogP contribution >= 0.6 is 11.6 Å². The van der Waals surface area contributed by atoms with Gasteiger partial charge in [-0.1, -0.05) is 18.2 Å². The van der Waals surface area contributed by atoms with Crippen molar-refractivity contribution < 1.29 is 4.79 Å². The number of hydrogen-bond acceptors (Lipinski definition) is 6. The van der Waals surface area contributed by atoms with Crippen LogP contribution in [0.15, 0.2) is 73.7 Å². The summed E-state index contributed by atoms with van der Waals surface area (Å²) < 4.78 is 0. The van der Waals surface area contributed by atoms with E-state index in [-0.39, 0.29) is 5.91 Å². The van der Waals surface area contributed by atoms with Crippen molar-refractivity contribution in [3.8, 4) is 0 Å². The van der Waals surface area contributed by atoms with Gasteiger partial charge in [0, 0.05) is 81.2 Å². The zero-order valence-electron chi connectivity index (χ0n) is 20.3. The summed E-state index contributed by atoms with van der Waals surface area (Å²) in [6.07, 6.45) is 6.40. The van der Waals surface area contributed by atoms with Crippen LogP contribution in [-0.2, 0) is 6.54 Å². The van der Waals surface area contributed by atoms with E-state index in [1.807, 2.05) is 53.7 Å². The molecule has 0 saturated carbocycles. The Labute approximate surface area is 217 Å². The van der Waals surface area contributed by atoms with Crippen LogP contribution in [0.1, 0.15) is 28.0 Å². The van der Waals surface area contributed by atoms with Gasteiger partial charge in [0.15, 0.2) is 0 Å². The van der Waals surface area contributed by atoms with Crippen LogP contribution < -0.4 is 10.2 Å². The van der Waals surface area contributed by atoms with Gasteiger partial charge in [-0.3, -0.25) is 19.7 Å². The molecular formula is C28H31ClN6O. The molecule has 186 valence electrons. The maximum Gasteiger partial charge on any atom is 0.255 e. The number of likely N-dealkylation sites (tertiary alicyclic amines) is 1. The van der Waals surface area contributed by atoms with Gasteiger partial charge in [0.25, 0.3) is 5.91 Å². The number of hydrogen-bond donors (Lipinski definition) is 1. The minimum atomic E-state index is 0.0194. The Balaban J connectivity index is 1.10. The second kappa shape index (κ2) is 11.1. The zero-order chi connectivity index (χ0) is 24.9. The number of pyridine rings is 2. The first-order valence-corrected chi connectivity index (χ1v) is 12.8. The first-order chi connectivity index (χ1) is 17.5. The van der Waals surface area contributed by atoms with Crippen LogP contribution in [0.4, 0.5) is 5.69 Å². The number of rotatable bonds is 7. The molecule has 0 radical (unpaired) electrons. The summed E-state index contributed by atoms with van der Waals surface area (Å²) >= 11 is 6.00. The molecule has 4 heterocycles. The molecule has 2 aromatic heterocycles. The van der Waals surface area contributed by atoms with Crippen molar-refractivity contribution in [2.45, 2.75) is 19.0 Å². The molecule has 2 saturated heterocycles. The molecule has 7 nitrogen and oxygen atoms in total. The molecule has 2 aliphatic heterocycles. The number of aromatic nitrogens is 2. The van der Waals surface area contributed by atoms with Crippen molar-refractivity contribution in [2.75, 3.05) is 44.2 Å². The number of carbonyl (C=O) groups is 1. The van der Waals surface area contributed by atoms with Gasteiger partial charge in [-0.15, -0.1) is 0 Å². The highest BCUT2D eigenvalue weighted by atomic mass is 35.5. The van der Waals surface area contributed by atoms with Gasteiger partial charge in [0.1, 0.15) is 0 Å². The van der Waals surface area contributed by atoms with Crippen LogP contribution in [0.3, 0.4) is 0 Å². The fourth-order valence-corrected chi connectivity index (χ4v) is 4.99. The molecule has 1 amide bonds. The Hall–Kier alpha value is -3.42. The van der Waals surface area contributed by atoms with E-state index < -0.39 is 0 Å². The van der Waals surface area contributed by atoms with Crippen LogP contribution in [-0.4, -0.2) is 71.0 Å². The number of anilines is 1. The maximum atomic E-state index is 13.0. The lowest BCUT2D eigenvalue weighted by molar-refractivity contribution is 0.0746. The van der Waals surface area contributed by atoms with E-state index in [9.17, 15) is 4.79 Å². The van der Waals surface area contributed by atoms with Crippen molar-refractivity contribution in [1.29, 1.82) is 0 Å². The minimum absolute atomic E-state index is 0.0194. The number of benzene rings is 1. The highest BCUT2D eigenvalue weighted by Crippen LogP contribution is 2.21. The van der Waals surface area contributed by atoms with E-state index in [0.29, 0.717) is 24.7 Å². The summed E-state index contributed by atoms with van der Waals surface area (Å²) in [6.45, 7) is 10.1. The van der Waals surface area contributed by atoms with Crippen LogP contribution in [0.2, 0.25) is 5.02 Å². The lowest BCUT2D eigenvalue weighted by Crippen LogP contribution is -2.48. The Morgan fingerprint density at radius 1 is 1.00 bits per heavy atom. The molecular weight excluding hydrogens is 472 g/mol. The summed E-state index contributed by atoms with van der Waals surface area (Å²) in [4.78, 5) is 28.3. The van der Waals surface area contributed by atoms with Gasteiger partial charge in [0.2, 0.25) is 0 Å². The van der Waals surface area contributed by atoms with Crippen LogP contribution in [0, 0.1) is 0 Å². The number of carbonyl (C=O) groups excluding carboxylic acids is 1. The second-order valence-electron chi connectivity index (χ2n) is 9.39. The molecule has 0 bridgehead atoms. The third-order valence-corrected chi connectivity index (χ3v) is 7.14. The lowest BCUT2D eigenvalue weighted by Gasteiger charge is -2.36. The van der Waals surface area contributed by atoms with E-state index >= 15 is 0 Å². The molecule has 5 rings (SSSR count). The summed E-state index contributed by atoms with van der Waals surface area (Å²) in [7, 11) is 0. The highest BCUT2D eigenvalue weighted by Gasteiger charge is 2.24. The fourth-order valence-electron chi connectivity index (χ4n) is 4.86. The predicted molar refractivity (Wildman–Crippen MR) is 144 cm³/mol. The predicted octanol–water partition coefficient (Wildman–Crippen LogP) is 3.93. The van der Waals surface area contributed by atoms with Gasteiger partial charge in [-0.05, 0) is 60.5 Å². The van der Waals surface area contributed by atoms with Gasteiger partial charge in [-0.2, -0.15) is 0 Å². The van der Waals surface area contributed by atoms with Crippen molar-refractivity contribution in [2.24, 2.45) is 0 Å². The summed E-state index contributed by atoms with van der Waals surface area (Å²) in [5.74, 6) is 0.0194. The lowest BCUT2D eigenvalue weighted by atomic mass is 10.1. The van der Waals surface area contributed by atoms with Crippen molar-refractivity contribution in [1.82, 2.24) is 25.1 Å². The van der Waals surface area contributed by atoms with E-state index in [1.54, 1.807) is 6.20 Å². The van der Waals surface area contributed by atoms with Gasteiger partial charge < -0.3 is 15.1 Å². The molecule has 0 unspecified atom stereocenters. The number of nitrogens with zero attached hydrogens (tertiary/aromatic N) is 5. The standard InChI is InChI=1S/C28H31ClN6O/c1-21(32-25-10-13-33(20-25)19-22-8-11-30-12-9-22)27-7-2-23(18-31-27)28(36)35-16-14-34(15-17-35)26-5-3-24(29)4-6-26/h2-9,11-12,18,25,32H,1,10,13-17,19-20H2/t25-/m0/s1. The summed E-state index contributed by atoms with van der Waals surface area (Å²) in [6, 6.07) is 16.0. The topological polar surface area (TPSA) is 64.6 Å². The van der Waals surface area contributed by atoms with Crippen LogP contribution in [0.5, 0.6) is 0 Å². The highest BCUT2D eigenvalue weighted by molar-refractivity contribution is 6.30. The van der Waals surface area contributed by atoms with E-state index in [0.717, 1.165) is 61.2 Å². The second-order valence-corrected chi connectivity index (χ2v) is 9.82. The molecule has 2 fully saturated rings. The number of nitrogens with one attached hydrogen (secondary N) is 1. The van der Waals surface area contributed by atoms with Crippen LogP contribution in [0.25, 0.3) is 5.70 Å². The van der Waals surface area contributed by atoms with E-state index in [2.05, 4.69) is 43.8 Å². The Morgan fingerprint density at radius 3 is 2.44 bits per heavy atom. The largest absolute Gasteiger partial charge is 0.380 e. The van der Waals surface area contributed by atoms with Crippen molar-refractivity contribution in [3.63, 3.8) is 0 Å². The summed E-state index contributed by atoms with van der Waals surface area (Å²) in [5.41, 5.74) is 4.58. The number of halogens is 1. The third-order valence-electron chi connectivity index (χ3n) is 6.88. The molecule has 3 aromatic rings. The molecule has 0 aliphatic carbocycles. The molecule has 1 aromatic carbocycles. The quantitative estimate of drug-likeness (QED) is 0.528. The smallest absolute Gasteiger partial charge is 0.255 e. The molecule has 0 spiro atoms. The fraction of sp³-hybridized carbons (Fsp3) is 0.321. The molecule has 1 N–H and O–H groups in total.